The van der Waals surface area contributed by atoms with Crippen molar-refractivity contribution in [2.75, 3.05) is 12.4 Å². The first-order valence-corrected chi connectivity index (χ1v) is 6.98. The molecule has 4 heteroatoms. The molecular weight excluding hydrogens is 276 g/mol. The predicted octanol–water partition coefficient (Wildman–Crippen LogP) is 4.19. The molecule has 0 atom stereocenters. The molecule has 0 amide bonds. The SMILES string of the molecule is COc1ccc2c(Nc3cccc(C(C)=O)c3)ccnc2c1. The summed E-state index contributed by atoms with van der Waals surface area (Å²) in [5.41, 5.74) is 3.35. The van der Waals surface area contributed by atoms with Crippen LogP contribution in [0, 0.1) is 0 Å². The van der Waals surface area contributed by atoms with Crippen LogP contribution in [-0.4, -0.2) is 17.9 Å². The van der Waals surface area contributed by atoms with Crippen LogP contribution in [0.5, 0.6) is 5.75 Å². The van der Waals surface area contributed by atoms with E-state index >= 15 is 0 Å². The van der Waals surface area contributed by atoms with E-state index in [1.807, 2.05) is 48.5 Å². The zero-order valence-corrected chi connectivity index (χ0v) is 12.5. The average Bonchev–Trinajstić information content (AvgIpc) is 2.55. The Morgan fingerprint density at radius 2 is 2.00 bits per heavy atom. The Labute approximate surface area is 128 Å². The lowest BCUT2D eigenvalue weighted by atomic mass is 10.1. The molecule has 4 nitrogen and oxygen atoms in total. The first-order chi connectivity index (χ1) is 10.7. The highest BCUT2D eigenvalue weighted by Gasteiger charge is 2.05. The van der Waals surface area contributed by atoms with E-state index in [2.05, 4.69) is 10.3 Å². The van der Waals surface area contributed by atoms with Crippen LogP contribution in [0.25, 0.3) is 10.9 Å². The molecule has 0 aliphatic heterocycles. The fraction of sp³-hybridized carbons (Fsp3) is 0.111. The molecule has 3 aromatic rings. The Kier molecular flexibility index (Phi) is 3.74. The number of ether oxygens (including phenoxy) is 1. The number of methoxy groups -OCH3 is 1. The topological polar surface area (TPSA) is 51.2 Å². The molecule has 1 aromatic heterocycles. The van der Waals surface area contributed by atoms with Gasteiger partial charge in [-0.15, -0.1) is 0 Å². The van der Waals surface area contributed by atoms with E-state index in [1.165, 1.54) is 0 Å². The molecule has 3 rings (SSSR count). The number of pyridine rings is 1. The molecule has 2 aromatic carbocycles. The highest BCUT2D eigenvalue weighted by atomic mass is 16.5. The fourth-order valence-electron chi connectivity index (χ4n) is 2.34. The van der Waals surface area contributed by atoms with E-state index in [0.717, 1.165) is 28.0 Å². The smallest absolute Gasteiger partial charge is 0.159 e. The van der Waals surface area contributed by atoms with Gasteiger partial charge in [0.1, 0.15) is 5.75 Å². The summed E-state index contributed by atoms with van der Waals surface area (Å²) < 4.78 is 5.22. The van der Waals surface area contributed by atoms with Gasteiger partial charge in [-0.05, 0) is 37.3 Å². The largest absolute Gasteiger partial charge is 0.497 e. The van der Waals surface area contributed by atoms with Crippen molar-refractivity contribution < 1.29 is 9.53 Å². The molecule has 0 radical (unpaired) electrons. The van der Waals surface area contributed by atoms with Crippen LogP contribution in [0.4, 0.5) is 11.4 Å². The van der Waals surface area contributed by atoms with Gasteiger partial charge in [0.25, 0.3) is 0 Å². The van der Waals surface area contributed by atoms with E-state index in [9.17, 15) is 4.79 Å². The molecule has 1 N–H and O–H groups in total. The maximum atomic E-state index is 11.5. The molecule has 0 saturated carbocycles. The third kappa shape index (κ3) is 2.76. The summed E-state index contributed by atoms with van der Waals surface area (Å²) in [6.45, 7) is 1.56. The number of anilines is 2. The first-order valence-electron chi connectivity index (χ1n) is 6.98. The van der Waals surface area contributed by atoms with Crippen LogP contribution in [-0.2, 0) is 0 Å². The van der Waals surface area contributed by atoms with Gasteiger partial charge in [0.2, 0.25) is 0 Å². The van der Waals surface area contributed by atoms with E-state index < -0.39 is 0 Å². The fourth-order valence-corrected chi connectivity index (χ4v) is 2.34. The minimum Gasteiger partial charge on any atom is -0.497 e. The second-order valence-electron chi connectivity index (χ2n) is 5.00. The summed E-state index contributed by atoms with van der Waals surface area (Å²) in [5.74, 6) is 0.823. The molecule has 110 valence electrons. The molecule has 0 aliphatic carbocycles. The summed E-state index contributed by atoms with van der Waals surface area (Å²) in [7, 11) is 1.64. The number of carbonyl (C=O) groups is 1. The van der Waals surface area contributed by atoms with Gasteiger partial charge < -0.3 is 10.1 Å². The highest BCUT2D eigenvalue weighted by molar-refractivity contribution is 5.96. The Morgan fingerprint density at radius 1 is 1.14 bits per heavy atom. The Hall–Kier alpha value is -2.88. The Bertz CT molecular complexity index is 843. The summed E-state index contributed by atoms with van der Waals surface area (Å²) in [6.07, 6.45) is 1.75. The normalized spacial score (nSPS) is 10.5. The summed E-state index contributed by atoms with van der Waals surface area (Å²) in [4.78, 5) is 15.8. The summed E-state index contributed by atoms with van der Waals surface area (Å²) >= 11 is 0. The Morgan fingerprint density at radius 3 is 2.77 bits per heavy atom. The third-order valence-corrected chi connectivity index (χ3v) is 3.50. The lowest BCUT2D eigenvalue weighted by Crippen LogP contribution is -1.96. The number of fused-ring (bicyclic) bond motifs is 1. The second-order valence-corrected chi connectivity index (χ2v) is 5.00. The number of benzene rings is 2. The Balaban J connectivity index is 2.00. The number of hydrogen-bond acceptors (Lipinski definition) is 4. The van der Waals surface area contributed by atoms with Gasteiger partial charge in [-0.1, -0.05) is 12.1 Å². The zero-order valence-electron chi connectivity index (χ0n) is 12.5. The van der Waals surface area contributed by atoms with E-state index in [1.54, 1.807) is 20.2 Å². The lowest BCUT2D eigenvalue weighted by Gasteiger charge is -2.11. The van der Waals surface area contributed by atoms with Crippen LogP contribution < -0.4 is 10.1 Å². The van der Waals surface area contributed by atoms with Crippen molar-refractivity contribution in [2.24, 2.45) is 0 Å². The second kappa shape index (κ2) is 5.85. The van der Waals surface area contributed by atoms with Crippen molar-refractivity contribution in [1.29, 1.82) is 0 Å². The number of aromatic nitrogens is 1. The molecular formula is C18H16N2O2. The number of nitrogens with one attached hydrogen (secondary N) is 1. The quantitative estimate of drug-likeness (QED) is 0.733. The number of rotatable bonds is 4. The third-order valence-electron chi connectivity index (χ3n) is 3.50. The number of ketones is 1. The first kappa shape index (κ1) is 14.1. The molecule has 22 heavy (non-hydrogen) atoms. The zero-order chi connectivity index (χ0) is 15.5. The van der Waals surface area contributed by atoms with E-state index in [4.69, 9.17) is 4.74 Å². The lowest BCUT2D eigenvalue weighted by molar-refractivity contribution is 0.101. The number of Topliss-reactive ketones (excluding diaryl/α,β-unsaturated/α-hetero) is 1. The van der Waals surface area contributed by atoms with Crippen LogP contribution in [0.1, 0.15) is 17.3 Å². The van der Waals surface area contributed by atoms with Gasteiger partial charge in [0.05, 0.1) is 12.6 Å². The van der Waals surface area contributed by atoms with Gasteiger partial charge >= 0.3 is 0 Å². The standard InChI is InChI=1S/C18H16N2O2/c1-12(21)13-4-3-5-14(10-13)20-17-8-9-19-18-11-15(22-2)6-7-16(17)18/h3-11H,1-2H3,(H,19,20). The molecule has 0 fully saturated rings. The minimum atomic E-state index is 0.0490. The number of nitrogens with zero attached hydrogens (tertiary/aromatic N) is 1. The van der Waals surface area contributed by atoms with Crippen molar-refractivity contribution in [1.82, 2.24) is 4.98 Å². The molecule has 0 aliphatic rings. The summed E-state index contributed by atoms with van der Waals surface area (Å²) in [6, 6.07) is 15.1. The maximum Gasteiger partial charge on any atom is 0.159 e. The minimum absolute atomic E-state index is 0.0490. The van der Waals surface area contributed by atoms with Crippen LogP contribution >= 0.6 is 0 Å². The molecule has 0 unspecified atom stereocenters. The maximum absolute atomic E-state index is 11.5. The van der Waals surface area contributed by atoms with Crippen LogP contribution in [0.15, 0.2) is 54.7 Å². The van der Waals surface area contributed by atoms with Crippen LogP contribution in [0.2, 0.25) is 0 Å². The van der Waals surface area contributed by atoms with Crippen LogP contribution in [0.3, 0.4) is 0 Å². The van der Waals surface area contributed by atoms with Gasteiger partial charge in [-0.25, -0.2) is 0 Å². The van der Waals surface area contributed by atoms with Crippen molar-refractivity contribution in [3.63, 3.8) is 0 Å². The van der Waals surface area contributed by atoms with Crippen molar-refractivity contribution in [3.8, 4) is 5.75 Å². The van der Waals surface area contributed by atoms with E-state index in [-0.39, 0.29) is 5.78 Å². The van der Waals surface area contributed by atoms with E-state index in [0.29, 0.717) is 5.56 Å². The number of hydrogen-bond donors (Lipinski definition) is 1. The van der Waals surface area contributed by atoms with Crippen molar-refractivity contribution in [2.45, 2.75) is 6.92 Å². The highest BCUT2D eigenvalue weighted by Crippen LogP contribution is 2.28. The van der Waals surface area contributed by atoms with Gasteiger partial charge in [0, 0.05) is 34.6 Å². The molecule has 0 bridgehead atoms. The van der Waals surface area contributed by atoms with Crippen molar-refractivity contribution in [3.05, 3.63) is 60.3 Å². The van der Waals surface area contributed by atoms with Gasteiger partial charge in [-0.2, -0.15) is 0 Å². The molecule has 0 saturated heterocycles. The summed E-state index contributed by atoms with van der Waals surface area (Å²) in [5, 5.41) is 4.34. The van der Waals surface area contributed by atoms with Crippen molar-refractivity contribution >= 4 is 28.1 Å². The molecule has 0 spiro atoms. The average molecular weight is 292 g/mol. The van der Waals surface area contributed by atoms with Gasteiger partial charge in [0.15, 0.2) is 5.78 Å². The molecule has 1 heterocycles. The number of carbonyl (C=O) groups excluding carboxylic acids is 1. The van der Waals surface area contributed by atoms with Gasteiger partial charge in [-0.3, -0.25) is 9.78 Å². The monoisotopic (exact) mass is 292 g/mol. The predicted molar refractivity (Wildman–Crippen MR) is 88.0 cm³/mol.